The molecule has 0 spiro atoms. The van der Waals surface area contributed by atoms with Gasteiger partial charge in [-0.05, 0) is 66.7 Å². The lowest BCUT2D eigenvalue weighted by atomic mass is 9.79. The number of aromatic nitrogens is 2. The van der Waals surface area contributed by atoms with Crippen LogP contribution in [0.15, 0.2) is 95.9 Å². The quantitative estimate of drug-likeness (QED) is 0.101. The van der Waals surface area contributed by atoms with Gasteiger partial charge in [0.25, 0.3) is 0 Å². The van der Waals surface area contributed by atoms with E-state index in [1.165, 1.54) is 53.0 Å². The van der Waals surface area contributed by atoms with Crippen LogP contribution in [0.3, 0.4) is 0 Å². The molecule has 2 heterocycles. The molecule has 3 aromatic carbocycles. The zero-order chi connectivity index (χ0) is 41.5. The van der Waals surface area contributed by atoms with Crippen molar-refractivity contribution in [2.75, 3.05) is 45.8 Å². The number of alkyl halides is 1. The molecule has 1 fully saturated rings. The van der Waals surface area contributed by atoms with Gasteiger partial charge in [0, 0.05) is 13.1 Å². The Balaban J connectivity index is 0.000000940. The molecule has 0 radical (unpaired) electrons. The Bertz CT molecular complexity index is 1900. The monoisotopic (exact) mass is 790 g/mol. The van der Waals surface area contributed by atoms with E-state index in [4.69, 9.17) is 28.8 Å². The Kier molecular flexibility index (Phi) is 16.3. The second-order valence-electron chi connectivity index (χ2n) is 13.0. The molecule has 0 bridgehead atoms. The number of esters is 1. The highest BCUT2D eigenvalue weighted by atomic mass is 19.1. The molecule has 5 rings (SSSR count). The van der Waals surface area contributed by atoms with Crippen molar-refractivity contribution in [2.45, 2.75) is 70.7 Å². The summed E-state index contributed by atoms with van der Waals surface area (Å²) in [6.07, 6.45) is -6.06. The van der Waals surface area contributed by atoms with Crippen LogP contribution < -0.4 is 20.5 Å². The maximum atomic E-state index is 17.0. The first-order chi connectivity index (χ1) is 27.4. The van der Waals surface area contributed by atoms with Gasteiger partial charge in [-0.3, -0.25) is 19.0 Å². The van der Waals surface area contributed by atoms with Gasteiger partial charge in [-0.2, -0.15) is 4.98 Å². The first kappa shape index (κ1) is 44.1. The number of ether oxygens (including phenoxy) is 5. The third-order valence-electron chi connectivity index (χ3n) is 9.45. The number of amides is 1. The number of carboxylic acids is 1. The van der Waals surface area contributed by atoms with Crippen LogP contribution in [0, 0.1) is 0 Å². The van der Waals surface area contributed by atoms with Gasteiger partial charge in [0.2, 0.25) is 5.91 Å². The molecule has 0 unspecified atom stereocenters. The molecule has 2 N–H and O–H groups in total. The topological polar surface area (TPSA) is 168 Å². The largest absolute Gasteiger partial charge is 0.497 e. The van der Waals surface area contributed by atoms with E-state index in [2.05, 4.69) is 36.0 Å². The van der Waals surface area contributed by atoms with Crippen molar-refractivity contribution in [3.05, 3.63) is 118 Å². The standard InChI is InChI=1S/C36H36FN3O10.C6H15N/c1-22(41)38-29-19-20-40(35(45)39-29)34-32(37)33(28(49-34)21-48-31(44)18-17-30(42)43)50-36(23-7-5-4-6-8-23,24-9-13-26(46-2)14-10-24)25-11-15-27(47-3)16-12-25;1-4-7(5-2)6-3/h4-16,19-20,28,32-34H,17-18,21H2,1-3H3,(H,42,43)(H,38,39,41,45);4-6H2,1-3H3/t28-,32-,33-,34-;/m1./s1. The zero-order valence-corrected chi connectivity index (χ0v) is 33.1. The van der Waals surface area contributed by atoms with Crippen molar-refractivity contribution >= 4 is 23.7 Å². The second-order valence-corrected chi connectivity index (χ2v) is 13.0. The molecule has 57 heavy (non-hydrogen) atoms. The van der Waals surface area contributed by atoms with E-state index in [1.54, 1.807) is 48.5 Å². The molecule has 14 nitrogen and oxygen atoms in total. The summed E-state index contributed by atoms with van der Waals surface area (Å²) in [6.45, 7) is 10.8. The summed E-state index contributed by atoms with van der Waals surface area (Å²) in [5.74, 6) is -1.39. The lowest BCUT2D eigenvalue weighted by Crippen LogP contribution is -2.44. The Morgan fingerprint density at radius 3 is 1.86 bits per heavy atom. The van der Waals surface area contributed by atoms with Crippen LogP contribution in [0.5, 0.6) is 11.5 Å². The molecule has 4 atom stereocenters. The van der Waals surface area contributed by atoms with E-state index in [0.717, 1.165) is 4.57 Å². The number of hydrogen-bond donors (Lipinski definition) is 2. The first-order valence-corrected chi connectivity index (χ1v) is 18.7. The van der Waals surface area contributed by atoms with Crippen molar-refractivity contribution in [1.82, 2.24) is 14.5 Å². The SMILES string of the molecule is CCN(CC)CC.COc1ccc(C(O[C@H]2[C@@H](F)[C@H](n3ccc(NC(C)=O)nc3=O)O[C@@H]2COC(=O)CCC(=O)O)(c2ccccc2)c2ccc(OC)cc2)cc1. The fraction of sp³-hybridized carbons (Fsp3) is 0.405. The highest BCUT2D eigenvalue weighted by Crippen LogP contribution is 2.46. The van der Waals surface area contributed by atoms with E-state index >= 15 is 4.39 Å². The maximum absolute atomic E-state index is 17.0. The number of nitrogens with one attached hydrogen (secondary N) is 1. The predicted molar refractivity (Wildman–Crippen MR) is 210 cm³/mol. The van der Waals surface area contributed by atoms with Gasteiger partial charge in [-0.15, -0.1) is 0 Å². The van der Waals surface area contributed by atoms with E-state index in [1.807, 2.05) is 30.3 Å². The molecule has 1 aliphatic rings. The predicted octanol–water partition coefficient (Wildman–Crippen LogP) is 5.59. The molecule has 1 saturated heterocycles. The van der Waals surface area contributed by atoms with Crippen LogP contribution in [-0.2, 0) is 34.2 Å². The summed E-state index contributed by atoms with van der Waals surface area (Å²) in [5.41, 5.74) is -0.651. The number of carboxylic acid groups (broad SMARTS) is 1. The van der Waals surface area contributed by atoms with Gasteiger partial charge in [-0.1, -0.05) is 75.4 Å². The molecule has 15 heteroatoms. The summed E-state index contributed by atoms with van der Waals surface area (Å²) >= 11 is 0. The van der Waals surface area contributed by atoms with Gasteiger partial charge >= 0.3 is 17.6 Å². The highest BCUT2D eigenvalue weighted by molar-refractivity contribution is 5.87. The Labute approximate surface area is 331 Å². The normalized spacial score (nSPS) is 17.6. The summed E-state index contributed by atoms with van der Waals surface area (Å²) in [4.78, 5) is 54.4. The Hall–Kier alpha value is -5.64. The minimum atomic E-state index is -2.04. The molecule has 1 amide bonds. The van der Waals surface area contributed by atoms with Crippen molar-refractivity contribution < 1.29 is 47.6 Å². The maximum Gasteiger partial charge on any atom is 0.351 e. The molecule has 1 aliphatic heterocycles. The molecule has 0 saturated carbocycles. The fourth-order valence-electron chi connectivity index (χ4n) is 6.41. The number of aliphatic carboxylic acids is 1. The van der Waals surface area contributed by atoms with Crippen molar-refractivity contribution in [1.29, 1.82) is 0 Å². The van der Waals surface area contributed by atoms with E-state index in [-0.39, 0.29) is 5.82 Å². The lowest BCUT2D eigenvalue weighted by molar-refractivity contribution is -0.156. The number of benzene rings is 3. The second kappa shape index (κ2) is 21.0. The van der Waals surface area contributed by atoms with E-state index in [0.29, 0.717) is 28.2 Å². The van der Waals surface area contributed by atoms with Crippen molar-refractivity contribution in [2.24, 2.45) is 0 Å². The van der Waals surface area contributed by atoms with Crippen LogP contribution in [0.2, 0.25) is 0 Å². The van der Waals surface area contributed by atoms with Crippen LogP contribution >= 0.6 is 0 Å². The molecular weight excluding hydrogens is 739 g/mol. The molecule has 306 valence electrons. The summed E-state index contributed by atoms with van der Waals surface area (Å²) < 4.78 is 47.1. The third-order valence-corrected chi connectivity index (χ3v) is 9.45. The number of anilines is 1. The van der Waals surface area contributed by atoms with Crippen LogP contribution in [0.1, 0.15) is 63.5 Å². The van der Waals surface area contributed by atoms with Crippen molar-refractivity contribution in [3.63, 3.8) is 0 Å². The number of halogens is 1. The summed E-state index contributed by atoms with van der Waals surface area (Å²) in [5, 5.41) is 11.4. The molecule has 0 aliphatic carbocycles. The number of nitrogens with zero attached hydrogens (tertiary/aromatic N) is 3. The van der Waals surface area contributed by atoms with Crippen LogP contribution in [0.4, 0.5) is 10.2 Å². The lowest BCUT2D eigenvalue weighted by Gasteiger charge is -2.39. The van der Waals surface area contributed by atoms with E-state index in [9.17, 15) is 19.2 Å². The number of rotatable bonds is 17. The number of carbonyl (C=O) groups is 3. The average molecular weight is 791 g/mol. The number of carbonyl (C=O) groups excluding carboxylic acids is 2. The minimum absolute atomic E-state index is 0.0361. The Morgan fingerprint density at radius 2 is 1.40 bits per heavy atom. The van der Waals surface area contributed by atoms with Gasteiger partial charge in [-0.25, -0.2) is 9.18 Å². The average Bonchev–Trinajstić information content (AvgIpc) is 3.52. The highest BCUT2D eigenvalue weighted by Gasteiger charge is 2.53. The van der Waals surface area contributed by atoms with Gasteiger partial charge < -0.3 is 39.0 Å². The van der Waals surface area contributed by atoms with Gasteiger partial charge in [0.1, 0.15) is 41.7 Å². The molecule has 4 aromatic rings. The van der Waals surface area contributed by atoms with Crippen molar-refractivity contribution in [3.8, 4) is 11.5 Å². The molecule has 1 aromatic heterocycles. The van der Waals surface area contributed by atoms with Gasteiger partial charge in [0.15, 0.2) is 12.4 Å². The fourth-order valence-corrected chi connectivity index (χ4v) is 6.41. The summed E-state index contributed by atoms with van der Waals surface area (Å²) in [6, 6.07) is 24.5. The smallest absolute Gasteiger partial charge is 0.351 e. The van der Waals surface area contributed by atoms with E-state index < -0.39 is 73.2 Å². The zero-order valence-electron chi connectivity index (χ0n) is 33.1. The third kappa shape index (κ3) is 11.2. The number of methoxy groups -OCH3 is 2. The van der Waals surface area contributed by atoms with Crippen LogP contribution in [-0.4, -0.2) is 96.2 Å². The Morgan fingerprint density at radius 1 is 0.860 bits per heavy atom. The summed E-state index contributed by atoms with van der Waals surface area (Å²) in [7, 11) is 3.07. The molecular formula is C42H51FN4O10. The minimum Gasteiger partial charge on any atom is -0.497 e. The van der Waals surface area contributed by atoms with Crippen LogP contribution in [0.25, 0.3) is 0 Å². The first-order valence-electron chi connectivity index (χ1n) is 18.7. The van der Waals surface area contributed by atoms with Gasteiger partial charge in [0.05, 0.1) is 27.1 Å². The number of hydrogen-bond acceptors (Lipinski definition) is 11.